The van der Waals surface area contributed by atoms with E-state index in [1.807, 2.05) is 13.0 Å². The average Bonchev–Trinajstić information content (AvgIpc) is 2.60. The van der Waals surface area contributed by atoms with Gasteiger partial charge in [0.2, 0.25) is 0 Å². The van der Waals surface area contributed by atoms with Gasteiger partial charge in [-0.05, 0) is 35.0 Å². The molecule has 0 aromatic carbocycles. The molecule has 0 fully saturated rings. The van der Waals surface area contributed by atoms with Gasteiger partial charge in [-0.15, -0.1) is 11.3 Å². The molecule has 2 rings (SSSR count). The summed E-state index contributed by atoms with van der Waals surface area (Å²) in [6.45, 7) is 1.92. The zero-order valence-electron chi connectivity index (χ0n) is 8.61. The maximum absolute atomic E-state index is 5.66. The second-order valence-corrected chi connectivity index (χ2v) is 6.70. The number of thiophene rings is 1. The minimum Gasteiger partial charge on any atom is -0.384 e. The molecular weight excluding hydrogens is 306 g/mol. The zero-order chi connectivity index (χ0) is 11.5. The second kappa shape index (κ2) is 5.16. The smallest absolute Gasteiger partial charge is 0.190 e. The quantitative estimate of drug-likeness (QED) is 0.696. The molecule has 84 valence electrons. The first-order valence-electron chi connectivity index (χ1n) is 4.61. The molecule has 0 unspecified atom stereocenters. The summed E-state index contributed by atoms with van der Waals surface area (Å²) < 4.78 is 1.15. The van der Waals surface area contributed by atoms with E-state index in [0.717, 1.165) is 20.4 Å². The Kier molecular flexibility index (Phi) is 3.83. The molecule has 3 nitrogen and oxygen atoms in total. The summed E-state index contributed by atoms with van der Waals surface area (Å²) in [5.41, 5.74) is 6.57. The van der Waals surface area contributed by atoms with Crippen molar-refractivity contribution in [3.8, 4) is 0 Å². The summed E-state index contributed by atoms with van der Waals surface area (Å²) in [6.07, 6.45) is 0. The Hall–Kier alpha value is -0.590. The number of nitrogen functional groups attached to an aromatic ring is 1. The van der Waals surface area contributed by atoms with Crippen molar-refractivity contribution in [2.75, 3.05) is 5.73 Å². The fraction of sp³-hybridized carbons (Fsp3) is 0.200. The molecule has 0 radical (unpaired) electrons. The van der Waals surface area contributed by atoms with Crippen LogP contribution in [0.1, 0.15) is 10.6 Å². The molecular formula is C10H10BrN3S2. The normalized spacial score (nSPS) is 10.6. The van der Waals surface area contributed by atoms with Crippen LogP contribution in [-0.4, -0.2) is 9.97 Å². The molecule has 2 N–H and O–H groups in total. The molecule has 0 bridgehead atoms. The number of hydrogen-bond acceptors (Lipinski definition) is 5. The lowest BCUT2D eigenvalue weighted by Gasteiger charge is -2.01. The van der Waals surface area contributed by atoms with Crippen molar-refractivity contribution in [3.63, 3.8) is 0 Å². The van der Waals surface area contributed by atoms with Crippen LogP contribution in [-0.2, 0) is 5.75 Å². The summed E-state index contributed by atoms with van der Waals surface area (Å²) in [6, 6.07) is 5.92. The standard InChI is InChI=1S/C10H10BrN3S2/c1-6-4-9(12)14-10(13-6)15-5-7-2-3-8(11)16-7/h2-4H,5H2,1H3,(H2,12,13,14). The molecule has 0 aliphatic rings. The van der Waals surface area contributed by atoms with Gasteiger partial charge in [-0.3, -0.25) is 0 Å². The van der Waals surface area contributed by atoms with Gasteiger partial charge >= 0.3 is 0 Å². The predicted molar refractivity (Wildman–Crippen MR) is 72.8 cm³/mol. The number of anilines is 1. The highest BCUT2D eigenvalue weighted by atomic mass is 79.9. The Labute approximate surface area is 111 Å². The molecule has 0 atom stereocenters. The fourth-order valence-corrected chi connectivity index (χ4v) is 3.63. The summed E-state index contributed by atoms with van der Waals surface area (Å²) in [4.78, 5) is 9.79. The third-order valence-electron chi connectivity index (χ3n) is 1.83. The number of nitrogens with zero attached hydrogens (tertiary/aromatic N) is 2. The molecule has 0 aliphatic heterocycles. The lowest BCUT2D eigenvalue weighted by molar-refractivity contribution is 0.940. The van der Waals surface area contributed by atoms with Gasteiger partial charge < -0.3 is 5.73 Å². The van der Waals surface area contributed by atoms with E-state index in [0.29, 0.717) is 5.82 Å². The third kappa shape index (κ3) is 3.20. The molecule has 16 heavy (non-hydrogen) atoms. The van der Waals surface area contributed by atoms with Gasteiger partial charge in [-0.2, -0.15) is 0 Å². The van der Waals surface area contributed by atoms with Crippen molar-refractivity contribution in [2.45, 2.75) is 17.8 Å². The fourth-order valence-electron chi connectivity index (χ4n) is 1.19. The van der Waals surface area contributed by atoms with Gasteiger partial charge in [0.05, 0.1) is 3.79 Å². The Morgan fingerprint density at radius 1 is 1.44 bits per heavy atom. The first kappa shape index (κ1) is 11.9. The van der Waals surface area contributed by atoms with Crippen molar-refractivity contribution in [1.29, 1.82) is 0 Å². The van der Waals surface area contributed by atoms with Crippen molar-refractivity contribution < 1.29 is 0 Å². The van der Waals surface area contributed by atoms with Crippen LogP contribution in [0.25, 0.3) is 0 Å². The third-order valence-corrected chi connectivity index (χ3v) is 4.53. The lowest BCUT2D eigenvalue weighted by atomic mass is 10.4. The minimum absolute atomic E-state index is 0.530. The number of aryl methyl sites for hydroxylation is 1. The number of halogens is 1. The molecule has 0 amide bonds. The highest BCUT2D eigenvalue weighted by Gasteiger charge is 2.03. The average molecular weight is 316 g/mol. The Balaban J connectivity index is 2.04. The minimum atomic E-state index is 0.530. The summed E-state index contributed by atoms with van der Waals surface area (Å²) >= 11 is 6.77. The van der Waals surface area contributed by atoms with E-state index in [4.69, 9.17) is 5.73 Å². The van der Waals surface area contributed by atoms with E-state index < -0.39 is 0 Å². The first-order chi connectivity index (χ1) is 7.63. The summed E-state index contributed by atoms with van der Waals surface area (Å²) in [5.74, 6) is 1.40. The Bertz CT molecular complexity index is 478. The van der Waals surface area contributed by atoms with E-state index in [1.165, 1.54) is 4.88 Å². The molecule has 0 spiro atoms. The summed E-state index contributed by atoms with van der Waals surface area (Å²) in [7, 11) is 0. The van der Waals surface area contributed by atoms with Crippen LogP contribution in [0.15, 0.2) is 27.1 Å². The van der Waals surface area contributed by atoms with E-state index in [9.17, 15) is 0 Å². The zero-order valence-corrected chi connectivity index (χ0v) is 11.8. The largest absolute Gasteiger partial charge is 0.384 e. The van der Waals surface area contributed by atoms with Gasteiger partial charge in [0.15, 0.2) is 5.16 Å². The number of hydrogen-bond donors (Lipinski definition) is 1. The van der Waals surface area contributed by atoms with Gasteiger partial charge in [0, 0.05) is 22.4 Å². The molecule has 2 heterocycles. The van der Waals surface area contributed by atoms with Crippen LogP contribution in [0.5, 0.6) is 0 Å². The van der Waals surface area contributed by atoms with Crippen molar-refractivity contribution in [3.05, 3.63) is 32.6 Å². The molecule has 0 saturated carbocycles. The first-order valence-corrected chi connectivity index (χ1v) is 7.21. The van der Waals surface area contributed by atoms with Crippen molar-refractivity contribution in [1.82, 2.24) is 9.97 Å². The maximum Gasteiger partial charge on any atom is 0.190 e. The van der Waals surface area contributed by atoms with Gasteiger partial charge in [0.1, 0.15) is 5.82 Å². The van der Waals surface area contributed by atoms with Gasteiger partial charge in [0.25, 0.3) is 0 Å². The maximum atomic E-state index is 5.66. The number of aromatic nitrogens is 2. The second-order valence-electron chi connectivity index (χ2n) is 3.21. The Morgan fingerprint density at radius 3 is 2.88 bits per heavy atom. The number of rotatable bonds is 3. The number of nitrogens with two attached hydrogens (primary N) is 1. The highest BCUT2D eigenvalue weighted by molar-refractivity contribution is 9.11. The van der Waals surface area contributed by atoms with E-state index in [-0.39, 0.29) is 0 Å². The molecule has 6 heteroatoms. The molecule has 2 aromatic heterocycles. The van der Waals surface area contributed by atoms with Crippen LogP contribution in [0, 0.1) is 6.92 Å². The number of thioether (sulfide) groups is 1. The molecule has 0 saturated heterocycles. The van der Waals surface area contributed by atoms with Crippen LogP contribution in [0.2, 0.25) is 0 Å². The van der Waals surface area contributed by atoms with Crippen LogP contribution >= 0.6 is 39.0 Å². The van der Waals surface area contributed by atoms with Crippen molar-refractivity contribution >= 4 is 44.8 Å². The molecule has 0 aliphatic carbocycles. The van der Waals surface area contributed by atoms with Crippen LogP contribution in [0.4, 0.5) is 5.82 Å². The van der Waals surface area contributed by atoms with E-state index in [1.54, 1.807) is 29.2 Å². The summed E-state index contributed by atoms with van der Waals surface area (Å²) in [5, 5.41) is 0.738. The predicted octanol–water partition coefficient (Wildman–Crippen LogP) is 3.48. The van der Waals surface area contributed by atoms with Crippen molar-refractivity contribution in [2.24, 2.45) is 0 Å². The lowest BCUT2D eigenvalue weighted by Crippen LogP contribution is -1.96. The highest BCUT2D eigenvalue weighted by Crippen LogP contribution is 2.28. The topological polar surface area (TPSA) is 51.8 Å². The van der Waals surface area contributed by atoms with E-state index in [2.05, 4.69) is 32.0 Å². The van der Waals surface area contributed by atoms with Gasteiger partial charge in [-0.1, -0.05) is 11.8 Å². The monoisotopic (exact) mass is 315 g/mol. The Morgan fingerprint density at radius 2 is 2.25 bits per heavy atom. The van der Waals surface area contributed by atoms with Crippen LogP contribution in [0.3, 0.4) is 0 Å². The van der Waals surface area contributed by atoms with Gasteiger partial charge in [-0.25, -0.2) is 9.97 Å². The SMILES string of the molecule is Cc1cc(N)nc(SCc2ccc(Br)s2)n1. The van der Waals surface area contributed by atoms with Crippen LogP contribution < -0.4 is 5.73 Å². The molecule has 2 aromatic rings. The van der Waals surface area contributed by atoms with E-state index >= 15 is 0 Å².